The molecule has 3 aliphatic heterocycles. The summed E-state index contributed by atoms with van der Waals surface area (Å²) in [5.74, 6) is -0.378. The van der Waals surface area contributed by atoms with Crippen LogP contribution in [0, 0.1) is 0 Å². The number of carbonyl (C=O) groups is 3. The Morgan fingerprint density at radius 3 is 2.42 bits per heavy atom. The van der Waals surface area contributed by atoms with Crippen LogP contribution in [0.3, 0.4) is 0 Å². The highest BCUT2D eigenvalue weighted by Crippen LogP contribution is 2.37. The molecule has 0 spiro atoms. The number of carbonyl (C=O) groups excluding carboxylic acids is 3. The number of hydrogen-bond donors (Lipinski definition) is 0. The van der Waals surface area contributed by atoms with Gasteiger partial charge in [0.05, 0.1) is 0 Å². The fourth-order valence-corrected chi connectivity index (χ4v) is 3.56. The summed E-state index contributed by atoms with van der Waals surface area (Å²) in [6.07, 6.45) is -4.76. The first-order valence-electron chi connectivity index (χ1n) is 9.59. The Morgan fingerprint density at radius 2 is 1.71 bits per heavy atom. The molecule has 1 aromatic carbocycles. The monoisotopic (exact) mass is 435 g/mol. The zero-order valence-electron chi connectivity index (χ0n) is 17.1. The lowest BCUT2D eigenvalue weighted by atomic mass is 9.98. The molecular formula is C20H21NO10. The van der Waals surface area contributed by atoms with Crippen molar-refractivity contribution in [2.75, 3.05) is 13.4 Å². The van der Waals surface area contributed by atoms with E-state index in [4.69, 9.17) is 33.2 Å². The van der Waals surface area contributed by atoms with Crippen LogP contribution in [0.5, 0.6) is 11.5 Å². The van der Waals surface area contributed by atoms with E-state index in [0.29, 0.717) is 17.1 Å². The van der Waals surface area contributed by atoms with E-state index in [1.165, 1.54) is 20.8 Å². The molecule has 166 valence electrons. The lowest BCUT2D eigenvalue weighted by Gasteiger charge is -2.40. The number of hydrogen-bond acceptors (Lipinski definition) is 11. The fraction of sp³-hybridized carbons (Fsp3) is 0.500. The van der Waals surface area contributed by atoms with Gasteiger partial charge in [0.2, 0.25) is 12.7 Å². The second-order valence-corrected chi connectivity index (χ2v) is 7.10. The maximum atomic E-state index is 11.8. The van der Waals surface area contributed by atoms with Crippen molar-refractivity contribution < 1.29 is 47.5 Å². The summed E-state index contributed by atoms with van der Waals surface area (Å²) in [5, 5.41) is 0. The predicted molar refractivity (Wildman–Crippen MR) is 100 cm³/mol. The zero-order chi connectivity index (χ0) is 22.1. The summed E-state index contributed by atoms with van der Waals surface area (Å²) in [7, 11) is 0. The molecule has 11 heteroatoms. The first-order valence-corrected chi connectivity index (χ1v) is 9.59. The summed E-state index contributed by atoms with van der Waals surface area (Å²) in [4.78, 5) is 39.2. The maximum Gasteiger partial charge on any atom is 0.303 e. The minimum absolute atomic E-state index is 0.122. The average molecular weight is 435 g/mol. The van der Waals surface area contributed by atoms with E-state index >= 15 is 0 Å². The fourth-order valence-electron chi connectivity index (χ4n) is 3.56. The molecule has 11 nitrogen and oxygen atoms in total. The van der Waals surface area contributed by atoms with Crippen LogP contribution in [0.15, 0.2) is 23.2 Å². The molecule has 0 bridgehead atoms. The molecule has 3 heterocycles. The van der Waals surface area contributed by atoms with Gasteiger partial charge >= 0.3 is 17.9 Å². The summed E-state index contributed by atoms with van der Waals surface area (Å²) in [6.45, 7) is 3.58. The maximum absolute atomic E-state index is 11.8. The first-order chi connectivity index (χ1) is 14.8. The van der Waals surface area contributed by atoms with Gasteiger partial charge in [-0.1, -0.05) is 0 Å². The van der Waals surface area contributed by atoms with Gasteiger partial charge in [0, 0.05) is 26.3 Å². The normalized spacial score (nSPS) is 28.1. The van der Waals surface area contributed by atoms with Crippen LogP contribution in [-0.2, 0) is 38.1 Å². The molecule has 0 N–H and O–H groups in total. The van der Waals surface area contributed by atoms with Crippen molar-refractivity contribution in [1.29, 1.82) is 0 Å². The van der Waals surface area contributed by atoms with E-state index in [1.807, 2.05) is 0 Å². The highest BCUT2D eigenvalue weighted by Gasteiger charge is 2.54. The number of benzene rings is 1. The van der Waals surface area contributed by atoms with Crippen LogP contribution in [0.25, 0.3) is 0 Å². The lowest BCUT2D eigenvalue weighted by molar-refractivity contribution is -0.236. The lowest BCUT2D eigenvalue weighted by Crippen LogP contribution is -2.60. The number of rotatable bonds is 5. The summed E-state index contributed by atoms with van der Waals surface area (Å²) >= 11 is 0. The third kappa shape index (κ3) is 4.41. The second kappa shape index (κ2) is 8.42. The van der Waals surface area contributed by atoms with E-state index in [-0.39, 0.29) is 19.3 Å². The van der Waals surface area contributed by atoms with E-state index < -0.39 is 48.6 Å². The number of ether oxygens (including phenoxy) is 7. The largest absolute Gasteiger partial charge is 0.465 e. The Morgan fingerprint density at radius 1 is 1.00 bits per heavy atom. The van der Waals surface area contributed by atoms with Gasteiger partial charge in [-0.05, 0) is 18.2 Å². The molecule has 0 aliphatic carbocycles. The molecule has 1 fully saturated rings. The molecule has 3 aliphatic rings. The van der Waals surface area contributed by atoms with Crippen LogP contribution in [0.2, 0.25) is 0 Å². The summed E-state index contributed by atoms with van der Waals surface area (Å²) in [6, 6.07) is 5.17. The van der Waals surface area contributed by atoms with Gasteiger partial charge in [0.15, 0.2) is 36.0 Å². The molecule has 0 unspecified atom stereocenters. The molecular weight excluding hydrogens is 414 g/mol. The molecule has 1 aromatic rings. The molecule has 0 aromatic heterocycles. The van der Waals surface area contributed by atoms with Gasteiger partial charge in [-0.2, -0.15) is 0 Å². The van der Waals surface area contributed by atoms with Gasteiger partial charge < -0.3 is 33.2 Å². The van der Waals surface area contributed by atoms with Gasteiger partial charge in [-0.15, -0.1) is 0 Å². The smallest absolute Gasteiger partial charge is 0.303 e. The Kier molecular flexibility index (Phi) is 5.68. The zero-order valence-corrected chi connectivity index (χ0v) is 17.1. The summed E-state index contributed by atoms with van der Waals surface area (Å²) < 4.78 is 38.4. The van der Waals surface area contributed by atoms with E-state index in [9.17, 15) is 14.4 Å². The van der Waals surface area contributed by atoms with Crippen molar-refractivity contribution in [3.05, 3.63) is 23.8 Å². The molecule has 0 amide bonds. The molecule has 4 rings (SSSR count). The molecule has 31 heavy (non-hydrogen) atoms. The average Bonchev–Trinajstić information content (AvgIpc) is 3.33. The number of nitrogens with zero attached hydrogens (tertiary/aromatic N) is 1. The molecule has 0 radical (unpaired) electrons. The highest BCUT2D eigenvalue weighted by molar-refractivity contribution is 5.96. The van der Waals surface area contributed by atoms with Gasteiger partial charge in [-0.3, -0.25) is 14.4 Å². The van der Waals surface area contributed by atoms with Crippen LogP contribution in [-0.4, -0.2) is 67.8 Å². The third-order valence-corrected chi connectivity index (χ3v) is 4.78. The SMILES string of the molecule is CC(=O)OC[C@H]1O[C@@H]2N=C(c3ccc4c(c3)OCO4)O[C@@H]2[C@@H](OC(C)=O)[C@@H]1OC(C)=O. The number of fused-ring (bicyclic) bond motifs is 2. The topological polar surface area (TPSA) is 128 Å². The van der Waals surface area contributed by atoms with Crippen molar-refractivity contribution in [3.63, 3.8) is 0 Å². The minimum Gasteiger partial charge on any atom is -0.465 e. The first kappa shape index (κ1) is 20.9. The van der Waals surface area contributed by atoms with E-state index in [1.54, 1.807) is 18.2 Å². The Bertz CT molecular complexity index is 929. The predicted octanol–water partition coefficient (Wildman–Crippen LogP) is 0.712. The molecule has 0 saturated carbocycles. The highest BCUT2D eigenvalue weighted by atomic mass is 16.7. The second-order valence-electron chi connectivity index (χ2n) is 7.10. The standard InChI is InChI=1S/C20H21NO10/c1-9(22)25-7-15-16(28-10(2)23)17(29-11(3)24)18-20(30-15)21-19(31-18)12-4-5-13-14(6-12)27-8-26-13/h4-6,15-18,20H,7-8H2,1-3H3/t15-,16-,17+,18-,20+/m1/s1. The quantitative estimate of drug-likeness (QED) is 0.482. The Hall–Kier alpha value is -3.34. The van der Waals surface area contributed by atoms with Crippen molar-refractivity contribution in [3.8, 4) is 11.5 Å². The Balaban J connectivity index is 1.62. The molecule has 1 saturated heterocycles. The van der Waals surface area contributed by atoms with E-state index in [2.05, 4.69) is 4.99 Å². The Labute approximate surface area is 177 Å². The van der Waals surface area contributed by atoms with Gasteiger partial charge in [-0.25, -0.2) is 4.99 Å². The minimum atomic E-state index is -1.06. The number of aliphatic imine (C=N–C) groups is 1. The number of esters is 3. The van der Waals surface area contributed by atoms with Crippen molar-refractivity contribution >= 4 is 23.8 Å². The van der Waals surface area contributed by atoms with Crippen LogP contribution >= 0.6 is 0 Å². The van der Waals surface area contributed by atoms with Crippen molar-refractivity contribution in [1.82, 2.24) is 0 Å². The van der Waals surface area contributed by atoms with Gasteiger partial charge in [0.25, 0.3) is 0 Å². The van der Waals surface area contributed by atoms with Crippen LogP contribution in [0.4, 0.5) is 0 Å². The molecule has 5 atom stereocenters. The van der Waals surface area contributed by atoms with Crippen molar-refractivity contribution in [2.24, 2.45) is 4.99 Å². The third-order valence-electron chi connectivity index (χ3n) is 4.78. The summed E-state index contributed by atoms with van der Waals surface area (Å²) in [5.41, 5.74) is 0.601. The van der Waals surface area contributed by atoms with Crippen molar-refractivity contribution in [2.45, 2.75) is 51.4 Å². The van der Waals surface area contributed by atoms with Crippen LogP contribution < -0.4 is 9.47 Å². The van der Waals surface area contributed by atoms with Gasteiger partial charge in [0.1, 0.15) is 12.7 Å². The van der Waals surface area contributed by atoms with Crippen LogP contribution in [0.1, 0.15) is 26.3 Å². The van der Waals surface area contributed by atoms with E-state index in [0.717, 1.165) is 0 Å².